The summed E-state index contributed by atoms with van der Waals surface area (Å²) in [5.41, 5.74) is 1.20. The summed E-state index contributed by atoms with van der Waals surface area (Å²) in [5.74, 6) is 0.370. The second-order valence-corrected chi connectivity index (χ2v) is 5.98. The Balaban J connectivity index is 1.80. The Morgan fingerprint density at radius 3 is 2.91 bits per heavy atom. The minimum Gasteiger partial charge on any atom is -0.482 e. The maximum atomic E-state index is 12.9. The lowest BCUT2D eigenvalue weighted by Gasteiger charge is -2.29. The van der Waals surface area contributed by atoms with E-state index in [4.69, 9.17) is 9.47 Å². The zero-order valence-electron chi connectivity index (χ0n) is 13.3. The van der Waals surface area contributed by atoms with E-state index in [-0.39, 0.29) is 24.5 Å². The molecule has 1 aliphatic heterocycles. The van der Waals surface area contributed by atoms with E-state index in [1.165, 1.54) is 12.8 Å². The minimum atomic E-state index is -0.177. The first kappa shape index (κ1) is 15.8. The Labute approximate surface area is 135 Å². The molecule has 1 saturated carbocycles. The fourth-order valence-corrected chi connectivity index (χ4v) is 3.23. The van der Waals surface area contributed by atoms with Gasteiger partial charge in [-0.2, -0.15) is 0 Å². The van der Waals surface area contributed by atoms with Gasteiger partial charge in [-0.05, 0) is 31.0 Å². The average molecular weight is 318 g/mol. The monoisotopic (exact) mass is 318 g/mol. The number of nitrogens with one attached hydrogen (secondary N) is 1. The Morgan fingerprint density at radius 1 is 1.39 bits per heavy atom. The molecule has 1 N–H and O–H groups in total. The van der Waals surface area contributed by atoms with Crippen molar-refractivity contribution in [2.24, 2.45) is 0 Å². The van der Waals surface area contributed by atoms with Gasteiger partial charge < -0.3 is 19.7 Å². The molecule has 2 amide bonds. The number of carbonyl (C=O) groups excluding carboxylic acids is 2. The molecule has 0 bridgehead atoms. The third-order valence-corrected chi connectivity index (χ3v) is 4.42. The molecule has 1 aromatic carbocycles. The van der Waals surface area contributed by atoms with Gasteiger partial charge in [0.2, 0.25) is 0 Å². The van der Waals surface area contributed by atoms with E-state index in [0.717, 1.165) is 12.8 Å². The summed E-state index contributed by atoms with van der Waals surface area (Å²) in [4.78, 5) is 26.2. The zero-order chi connectivity index (χ0) is 16.2. The molecule has 0 atom stereocenters. The second-order valence-electron chi connectivity index (χ2n) is 5.98. The first-order chi connectivity index (χ1) is 11.2. The molecule has 1 heterocycles. The molecule has 0 spiro atoms. The third kappa shape index (κ3) is 3.47. The van der Waals surface area contributed by atoms with E-state index in [9.17, 15) is 9.59 Å². The minimum absolute atomic E-state index is 0.00255. The fourth-order valence-electron chi connectivity index (χ4n) is 3.23. The molecule has 1 fully saturated rings. The van der Waals surface area contributed by atoms with E-state index in [1.54, 1.807) is 25.3 Å². The Hall–Kier alpha value is -2.08. The van der Waals surface area contributed by atoms with E-state index >= 15 is 0 Å². The van der Waals surface area contributed by atoms with Crippen LogP contribution in [0.4, 0.5) is 5.69 Å². The highest BCUT2D eigenvalue weighted by Gasteiger charge is 2.28. The molecule has 6 nitrogen and oxygen atoms in total. The molecule has 1 aromatic rings. The molecule has 0 radical (unpaired) electrons. The SMILES string of the molecule is COCCN(C(=O)c1ccc2c(c1)OCC(=O)N2)C1CCCC1. The highest BCUT2D eigenvalue weighted by molar-refractivity contribution is 5.99. The standard InChI is InChI=1S/C17H22N2O4/c1-22-9-8-19(13-4-2-3-5-13)17(21)12-6-7-14-15(10-12)23-11-16(20)18-14/h6-7,10,13H,2-5,8-9,11H2,1H3,(H,18,20). The number of hydrogen-bond donors (Lipinski definition) is 1. The normalized spacial score (nSPS) is 17.3. The van der Waals surface area contributed by atoms with E-state index < -0.39 is 0 Å². The van der Waals surface area contributed by atoms with Crippen LogP contribution in [-0.4, -0.2) is 49.6 Å². The van der Waals surface area contributed by atoms with Gasteiger partial charge >= 0.3 is 0 Å². The number of hydrogen-bond acceptors (Lipinski definition) is 4. The van der Waals surface area contributed by atoms with Crippen LogP contribution in [0.15, 0.2) is 18.2 Å². The highest BCUT2D eigenvalue weighted by Crippen LogP contribution is 2.30. The summed E-state index contributed by atoms with van der Waals surface area (Å²) in [6, 6.07) is 5.47. The van der Waals surface area contributed by atoms with Crippen LogP contribution in [0.5, 0.6) is 5.75 Å². The van der Waals surface area contributed by atoms with Gasteiger partial charge in [-0.25, -0.2) is 0 Å². The fraction of sp³-hybridized carbons (Fsp3) is 0.529. The van der Waals surface area contributed by atoms with Crippen molar-refractivity contribution >= 4 is 17.5 Å². The van der Waals surface area contributed by atoms with Gasteiger partial charge in [0.05, 0.1) is 12.3 Å². The maximum absolute atomic E-state index is 12.9. The van der Waals surface area contributed by atoms with Gasteiger partial charge in [0, 0.05) is 25.3 Å². The smallest absolute Gasteiger partial charge is 0.262 e. The molecule has 0 saturated heterocycles. The summed E-state index contributed by atoms with van der Waals surface area (Å²) >= 11 is 0. The van der Waals surface area contributed by atoms with Crippen molar-refractivity contribution in [2.45, 2.75) is 31.7 Å². The van der Waals surface area contributed by atoms with Crippen molar-refractivity contribution in [3.8, 4) is 5.75 Å². The van der Waals surface area contributed by atoms with E-state index in [2.05, 4.69) is 5.32 Å². The van der Waals surface area contributed by atoms with Crippen molar-refractivity contribution in [1.29, 1.82) is 0 Å². The van der Waals surface area contributed by atoms with Gasteiger partial charge in [-0.15, -0.1) is 0 Å². The summed E-state index contributed by atoms with van der Waals surface area (Å²) in [6.45, 7) is 1.11. The maximum Gasteiger partial charge on any atom is 0.262 e. The first-order valence-corrected chi connectivity index (χ1v) is 8.05. The predicted molar refractivity (Wildman–Crippen MR) is 85.7 cm³/mol. The van der Waals surface area contributed by atoms with Gasteiger partial charge in [-0.3, -0.25) is 9.59 Å². The van der Waals surface area contributed by atoms with Crippen molar-refractivity contribution in [2.75, 3.05) is 32.2 Å². The number of carbonyl (C=O) groups is 2. The number of fused-ring (bicyclic) bond motifs is 1. The average Bonchev–Trinajstić information content (AvgIpc) is 3.08. The molecule has 124 valence electrons. The lowest BCUT2D eigenvalue weighted by Crippen LogP contribution is -2.41. The van der Waals surface area contributed by atoms with Crippen LogP contribution in [-0.2, 0) is 9.53 Å². The number of anilines is 1. The summed E-state index contributed by atoms with van der Waals surface area (Å²) < 4.78 is 10.6. The number of rotatable bonds is 5. The summed E-state index contributed by atoms with van der Waals surface area (Å²) in [5, 5.41) is 2.74. The number of nitrogens with zero attached hydrogens (tertiary/aromatic N) is 1. The van der Waals surface area contributed by atoms with Crippen molar-refractivity contribution in [3.05, 3.63) is 23.8 Å². The van der Waals surface area contributed by atoms with Gasteiger partial charge in [0.1, 0.15) is 5.75 Å². The van der Waals surface area contributed by atoms with Crippen LogP contribution in [0.1, 0.15) is 36.0 Å². The molecule has 3 rings (SSSR count). The number of methoxy groups -OCH3 is 1. The molecular weight excluding hydrogens is 296 g/mol. The number of benzene rings is 1. The van der Waals surface area contributed by atoms with Crippen LogP contribution >= 0.6 is 0 Å². The zero-order valence-corrected chi connectivity index (χ0v) is 13.3. The Kier molecular flexibility index (Phi) is 4.81. The molecule has 23 heavy (non-hydrogen) atoms. The van der Waals surface area contributed by atoms with Crippen LogP contribution in [0.3, 0.4) is 0 Å². The second kappa shape index (κ2) is 7.00. The van der Waals surface area contributed by atoms with Gasteiger partial charge in [0.15, 0.2) is 6.61 Å². The van der Waals surface area contributed by atoms with Crippen LogP contribution in [0.2, 0.25) is 0 Å². The van der Waals surface area contributed by atoms with E-state index in [1.807, 2.05) is 4.90 Å². The molecular formula is C17H22N2O4. The Bertz CT molecular complexity index is 596. The van der Waals surface area contributed by atoms with Crippen molar-refractivity contribution in [1.82, 2.24) is 4.90 Å². The number of amides is 2. The van der Waals surface area contributed by atoms with Crippen LogP contribution in [0.25, 0.3) is 0 Å². The quantitative estimate of drug-likeness (QED) is 0.902. The predicted octanol–water partition coefficient (Wildman–Crippen LogP) is 2.05. The van der Waals surface area contributed by atoms with E-state index in [0.29, 0.717) is 30.2 Å². The molecule has 1 aliphatic carbocycles. The van der Waals surface area contributed by atoms with Crippen LogP contribution in [0, 0.1) is 0 Å². The number of ether oxygens (including phenoxy) is 2. The molecule has 6 heteroatoms. The lowest BCUT2D eigenvalue weighted by atomic mass is 10.1. The molecule has 0 aromatic heterocycles. The lowest BCUT2D eigenvalue weighted by molar-refractivity contribution is -0.118. The molecule has 2 aliphatic rings. The highest BCUT2D eigenvalue weighted by atomic mass is 16.5. The molecule has 0 unspecified atom stereocenters. The summed E-state index contributed by atoms with van der Waals surface area (Å²) in [7, 11) is 1.65. The largest absolute Gasteiger partial charge is 0.482 e. The first-order valence-electron chi connectivity index (χ1n) is 8.05. The van der Waals surface area contributed by atoms with Crippen molar-refractivity contribution in [3.63, 3.8) is 0 Å². The topological polar surface area (TPSA) is 67.9 Å². The Morgan fingerprint density at radius 2 is 2.17 bits per heavy atom. The third-order valence-electron chi connectivity index (χ3n) is 4.42. The van der Waals surface area contributed by atoms with Crippen LogP contribution < -0.4 is 10.1 Å². The van der Waals surface area contributed by atoms with Gasteiger partial charge in [0.25, 0.3) is 11.8 Å². The van der Waals surface area contributed by atoms with Gasteiger partial charge in [-0.1, -0.05) is 12.8 Å². The summed E-state index contributed by atoms with van der Waals surface area (Å²) in [6.07, 6.45) is 4.43. The van der Waals surface area contributed by atoms with Crippen molar-refractivity contribution < 1.29 is 19.1 Å².